The van der Waals surface area contributed by atoms with Crippen molar-refractivity contribution in [2.45, 2.75) is 19.4 Å². The number of halogens is 1. The number of hydrogen-bond acceptors (Lipinski definition) is 2. The van der Waals surface area contributed by atoms with Gasteiger partial charge in [0.05, 0.1) is 0 Å². The highest BCUT2D eigenvalue weighted by Crippen LogP contribution is 2.23. The van der Waals surface area contributed by atoms with Gasteiger partial charge in [0.25, 0.3) is 0 Å². The first kappa shape index (κ1) is 13.8. The first-order chi connectivity index (χ1) is 9.13. The Bertz CT molecular complexity index is 579. The lowest BCUT2D eigenvalue weighted by atomic mass is 9.95. The molecule has 19 heavy (non-hydrogen) atoms. The van der Waals surface area contributed by atoms with E-state index in [2.05, 4.69) is 0 Å². The Kier molecular flexibility index (Phi) is 4.35. The van der Waals surface area contributed by atoms with Gasteiger partial charge in [0, 0.05) is 10.6 Å². The van der Waals surface area contributed by atoms with Crippen LogP contribution in [0.2, 0.25) is 5.02 Å². The molecule has 0 bridgehead atoms. The maximum atomic E-state index is 12.3. The van der Waals surface area contributed by atoms with E-state index < -0.39 is 6.10 Å². The number of ketones is 1. The van der Waals surface area contributed by atoms with Crippen molar-refractivity contribution < 1.29 is 9.90 Å². The molecule has 1 unspecified atom stereocenters. The smallest absolute Gasteiger partial charge is 0.196 e. The standard InChI is InChI=1S/C16H15ClO2/c1-2-11-10-13(17)8-9-14(11)16(19)15(18)12-6-4-3-5-7-12/h3-10,15,18H,2H2,1H3. The van der Waals surface area contributed by atoms with Crippen LogP contribution in [-0.2, 0) is 6.42 Å². The van der Waals surface area contributed by atoms with Crippen LogP contribution in [0, 0.1) is 0 Å². The SMILES string of the molecule is CCc1cc(Cl)ccc1C(=O)C(O)c1ccccc1. The fourth-order valence-electron chi connectivity index (χ4n) is 2.03. The van der Waals surface area contributed by atoms with Gasteiger partial charge in [-0.25, -0.2) is 0 Å². The number of aryl methyl sites for hydroxylation is 1. The molecule has 0 amide bonds. The summed E-state index contributed by atoms with van der Waals surface area (Å²) in [4.78, 5) is 12.3. The summed E-state index contributed by atoms with van der Waals surface area (Å²) < 4.78 is 0. The van der Waals surface area contributed by atoms with Gasteiger partial charge in [-0.3, -0.25) is 4.79 Å². The summed E-state index contributed by atoms with van der Waals surface area (Å²) in [6, 6.07) is 14.0. The van der Waals surface area contributed by atoms with Crippen molar-refractivity contribution in [3.63, 3.8) is 0 Å². The Labute approximate surface area is 117 Å². The molecule has 0 aromatic heterocycles. The molecular weight excluding hydrogens is 260 g/mol. The fourth-order valence-corrected chi connectivity index (χ4v) is 2.22. The van der Waals surface area contributed by atoms with E-state index >= 15 is 0 Å². The van der Waals surface area contributed by atoms with Gasteiger partial charge >= 0.3 is 0 Å². The average Bonchev–Trinajstić information content (AvgIpc) is 2.46. The third-order valence-electron chi connectivity index (χ3n) is 3.08. The predicted molar refractivity (Wildman–Crippen MR) is 76.6 cm³/mol. The van der Waals surface area contributed by atoms with Crippen LogP contribution in [0.1, 0.15) is 34.5 Å². The molecule has 2 aromatic carbocycles. The lowest BCUT2D eigenvalue weighted by molar-refractivity contribution is 0.0746. The lowest BCUT2D eigenvalue weighted by Gasteiger charge is -2.13. The topological polar surface area (TPSA) is 37.3 Å². The molecule has 0 saturated heterocycles. The Morgan fingerprint density at radius 2 is 1.89 bits per heavy atom. The number of aliphatic hydroxyl groups is 1. The number of carbonyl (C=O) groups is 1. The number of benzene rings is 2. The first-order valence-corrected chi connectivity index (χ1v) is 6.57. The zero-order chi connectivity index (χ0) is 13.8. The molecule has 0 fully saturated rings. The highest BCUT2D eigenvalue weighted by atomic mass is 35.5. The summed E-state index contributed by atoms with van der Waals surface area (Å²) in [5, 5.41) is 10.7. The molecular formula is C16H15ClO2. The Balaban J connectivity index is 2.34. The molecule has 1 atom stereocenters. The van der Waals surface area contributed by atoms with Crippen LogP contribution in [-0.4, -0.2) is 10.9 Å². The first-order valence-electron chi connectivity index (χ1n) is 6.19. The quantitative estimate of drug-likeness (QED) is 0.861. The molecule has 3 heteroatoms. The Hall–Kier alpha value is -1.64. The van der Waals surface area contributed by atoms with Crippen molar-refractivity contribution in [2.24, 2.45) is 0 Å². The monoisotopic (exact) mass is 274 g/mol. The highest BCUT2D eigenvalue weighted by Gasteiger charge is 2.21. The van der Waals surface area contributed by atoms with Crippen LogP contribution >= 0.6 is 11.6 Å². The summed E-state index contributed by atoms with van der Waals surface area (Å²) >= 11 is 5.92. The van der Waals surface area contributed by atoms with Crippen molar-refractivity contribution in [1.82, 2.24) is 0 Å². The van der Waals surface area contributed by atoms with E-state index in [1.807, 2.05) is 13.0 Å². The molecule has 0 spiro atoms. The van der Waals surface area contributed by atoms with E-state index in [1.54, 1.807) is 42.5 Å². The number of aliphatic hydroxyl groups excluding tert-OH is 1. The molecule has 1 N–H and O–H groups in total. The molecule has 0 heterocycles. The second kappa shape index (κ2) is 6.00. The second-order valence-corrected chi connectivity index (χ2v) is 4.77. The molecule has 98 valence electrons. The van der Waals surface area contributed by atoms with Crippen LogP contribution in [0.4, 0.5) is 0 Å². The van der Waals surface area contributed by atoms with Crippen molar-refractivity contribution >= 4 is 17.4 Å². The number of rotatable bonds is 4. The maximum Gasteiger partial charge on any atom is 0.196 e. The third kappa shape index (κ3) is 3.03. The van der Waals surface area contributed by atoms with Gasteiger partial charge < -0.3 is 5.11 Å². The summed E-state index contributed by atoms with van der Waals surface area (Å²) in [5.41, 5.74) is 1.99. The minimum atomic E-state index is -1.13. The Morgan fingerprint density at radius 3 is 2.53 bits per heavy atom. The lowest BCUT2D eigenvalue weighted by Crippen LogP contribution is -2.14. The molecule has 0 aliphatic heterocycles. The van der Waals surface area contributed by atoms with Gasteiger partial charge in [0.15, 0.2) is 5.78 Å². The maximum absolute atomic E-state index is 12.3. The number of Topliss-reactive ketones (excluding diaryl/α,β-unsaturated/α-hetero) is 1. The number of hydrogen-bond donors (Lipinski definition) is 1. The predicted octanol–water partition coefficient (Wildman–Crippen LogP) is 3.82. The minimum Gasteiger partial charge on any atom is -0.380 e. The van der Waals surface area contributed by atoms with Gasteiger partial charge in [0.1, 0.15) is 6.10 Å². The zero-order valence-corrected chi connectivity index (χ0v) is 11.4. The van der Waals surface area contributed by atoms with E-state index in [1.165, 1.54) is 0 Å². The van der Waals surface area contributed by atoms with E-state index in [4.69, 9.17) is 11.6 Å². The third-order valence-corrected chi connectivity index (χ3v) is 3.31. The molecule has 2 aromatic rings. The van der Waals surface area contributed by atoms with Gasteiger partial charge in [0.2, 0.25) is 0 Å². The molecule has 0 radical (unpaired) electrons. The largest absolute Gasteiger partial charge is 0.380 e. The van der Waals surface area contributed by atoms with Crippen molar-refractivity contribution in [3.8, 4) is 0 Å². The summed E-state index contributed by atoms with van der Waals surface area (Å²) in [7, 11) is 0. The van der Waals surface area contributed by atoms with Crippen molar-refractivity contribution in [3.05, 3.63) is 70.2 Å². The fraction of sp³-hybridized carbons (Fsp3) is 0.188. The Morgan fingerprint density at radius 1 is 1.21 bits per heavy atom. The van der Waals surface area contributed by atoms with E-state index in [0.717, 1.165) is 5.56 Å². The van der Waals surface area contributed by atoms with Crippen LogP contribution in [0.5, 0.6) is 0 Å². The van der Waals surface area contributed by atoms with Gasteiger partial charge in [-0.2, -0.15) is 0 Å². The van der Waals surface area contributed by atoms with Gasteiger partial charge in [-0.05, 0) is 35.7 Å². The zero-order valence-electron chi connectivity index (χ0n) is 10.6. The van der Waals surface area contributed by atoms with Crippen molar-refractivity contribution in [1.29, 1.82) is 0 Å². The minimum absolute atomic E-state index is 0.292. The highest BCUT2D eigenvalue weighted by molar-refractivity contribution is 6.30. The molecule has 0 aliphatic rings. The van der Waals surface area contributed by atoms with Crippen molar-refractivity contribution in [2.75, 3.05) is 0 Å². The van der Waals surface area contributed by atoms with Gasteiger partial charge in [-0.1, -0.05) is 48.9 Å². The van der Waals surface area contributed by atoms with Gasteiger partial charge in [-0.15, -0.1) is 0 Å². The molecule has 2 nitrogen and oxygen atoms in total. The summed E-state index contributed by atoms with van der Waals surface area (Å²) in [6.45, 7) is 1.96. The summed E-state index contributed by atoms with van der Waals surface area (Å²) in [5.74, 6) is -0.292. The second-order valence-electron chi connectivity index (χ2n) is 4.33. The van der Waals surface area contributed by atoms with Crippen LogP contribution in [0.3, 0.4) is 0 Å². The van der Waals surface area contributed by atoms with E-state index in [0.29, 0.717) is 22.6 Å². The molecule has 0 saturated carbocycles. The molecule has 0 aliphatic carbocycles. The molecule has 2 rings (SSSR count). The van der Waals surface area contributed by atoms with E-state index in [9.17, 15) is 9.90 Å². The van der Waals surface area contributed by atoms with Crippen LogP contribution in [0.15, 0.2) is 48.5 Å². The van der Waals surface area contributed by atoms with Crippen LogP contribution < -0.4 is 0 Å². The normalized spacial score (nSPS) is 12.2. The number of carbonyl (C=O) groups excluding carboxylic acids is 1. The summed E-state index contributed by atoms with van der Waals surface area (Å²) in [6.07, 6.45) is -0.434. The van der Waals surface area contributed by atoms with E-state index in [-0.39, 0.29) is 5.78 Å². The van der Waals surface area contributed by atoms with Crippen LogP contribution in [0.25, 0.3) is 0 Å². The average molecular weight is 275 g/mol.